The number of amidine groups is 1. The third-order valence-corrected chi connectivity index (χ3v) is 1.53. The molecular weight excluding hydrogens is 176 g/mol. The first-order valence-corrected chi connectivity index (χ1v) is 3.81. The van der Waals surface area contributed by atoms with Crippen molar-refractivity contribution in [2.24, 2.45) is 5.73 Å². The van der Waals surface area contributed by atoms with Crippen molar-refractivity contribution >= 4 is 17.6 Å². The van der Waals surface area contributed by atoms with E-state index in [4.69, 9.17) is 27.5 Å². The molecule has 0 saturated heterocycles. The van der Waals surface area contributed by atoms with Gasteiger partial charge in [-0.2, -0.15) is 0 Å². The molecule has 4 N–H and O–H groups in total. The fraction of sp³-hybridized carbons (Fsp3) is 0.125. The van der Waals surface area contributed by atoms with Gasteiger partial charge in [0.15, 0.2) is 0 Å². The van der Waals surface area contributed by atoms with Crippen molar-refractivity contribution in [3.8, 4) is 0 Å². The largest absolute Gasteiger partial charge is 0.437 e. The van der Waals surface area contributed by atoms with Crippen molar-refractivity contribution in [2.75, 3.05) is 0 Å². The highest BCUT2D eigenvalue weighted by atomic mass is 35.5. The fourth-order valence-corrected chi connectivity index (χ4v) is 1.01. The zero-order chi connectivity index (χ0) is 8.97. The van der Waals surface area contributed by atoms with E-state index in [2.05, 4.69) is 0 Å². The van der Waals surface area contributed by atoms with Gasteiger partial charge in [-0.1, -0.05) is 23.7 Å². The van der Waals surface area contributed by atoms with E-state index < -0.39 is 0 Å². The van der Waals surface area contributed by atoms with Gasteiger partial charge in [-0.25, -0.2) is 0 Å². The van der Waals surface area contributed by atoms with Crippen LogP contribution in [0.1, 0.15) is 5.56 Å². The van der Waals surface area contributed by atoms with Crippen LogP contribution in [0.4, 0.5) is 0 Å². The molecule has 0 aliphatic heterocycles. The molecule has 0 aliphatic rings. The second-order valence-electron chi connectivity index (χ2n) is 2.32. The van der Waals surface area contributed by atoms with Gasteiger partial charge < -0.3 is 4.74 Å². The van der Waals surface area contributed by atoms with Gasteiger partial charge in [-0.05, 0) is 17.7 Å². The second kappa shape index (κ2) is 3.97. The Labute approximate surface area is 75.6 Å². The van der Waals surface area contributed by atoms with Crippen LogP contribution >= 0.6 is 11.6 Å². The van der Waals surface area contributed by atoms with E-state index in [1.165, 1.54) is 0 Å². The third-order valence-electron chi connectivity index (χ3n) is 1.29. The Balaban J connectivity index is 2.57. The summed E-state index contributed by atoms with van der Waals surface area (Å²) in [6, 6.07) is 7.28. The topological polar surface area (TPSA) is 60.8 Å². The minimum absolute atomic E-state index is 0.0324. The maximum atomic E-state index is 5.74. The van der Waals surface area contributed by atoms with Gasteiger partial charge in [-0.15, -0.1) is 0 Å². The van der Waals surface area contributed by atoms with E-state index in [-0.39, 0.29) is 6.02 Å². The smallest absolute Gasteiger partial charge is 0.427 e. The minimum atomic E-state index is -0.0324. The monoisotopic (exact) mass is 185 g/mol. The summed E-state index contributed by atoms with van der Waals surface area (Å²) in [6.45, 7) is 0.350. The van der Waals surface area contributed by atoms with Crippen LogP contribution in [0.25, 0.3) is 0 Å². The molecule has 0 aromatic heterocycles. The number of nitrogens with two attached hydrogens (primary N) is 2. The molecule has 0 radical (unpaired) electrons. The van der Waals surface area contributed by atoms with Gasteiger partial charge in [0, 0.05) is 5.02 Å². The Morgan fingerprint density at radius 3 is 2.92 bits per heavy atom. The van der Waals surface area contributed by atoms with Crippen LogP contribution in [0, 0.1) is 0 Å². The summed E-state index contributed by atoms with van der Waals surface area (Å²) in [5.74, 6) is 0. The lowest BCUT2D eigenvalue weighted by Gasteiger charge is -2.00. The lowest BCUT2D eigenvalue weighted by molar-refractivity contribution is -0.143. The summed E-state index contributed by atoms with van der Waals surface area (Å²) in [5, 5.41) is 5.79. The molecule has 0 amide bonds. The predicted molar refractivity (Wildman–Crippen MR) is 47.4 cm³/mol. The maximum Gasteiger partial charge on any atom is 0.437 e. The molecular formula is C8H10ClN2O+. The van der Waals surface area contributed by atoms with Crippen molar-refractivity contribution in [1.29, 1.82) is 0 Å². The highest BCUT2D eigenvalue weighted by Crippen LogP contribution is 2.10. The van der Waals surface area contributed by atoms with Gasteiger partial charge >= 0.3 is 6.02 Å². The minimum Gasteiger partial charge on any atom is -0.427 e. The highest BCUT2D eigenvalue weighted by Gasteiger charge is 1.97. The van der Waals surface area contributed by atoms with E-state index in [9.17, 15) is 0 Å². The summed E-state index contributed by atoms with van der Waals surface area (Å²) in [7, 11) is 0. The summed E-state index contributed by atoms with van der Waals surface area (Å²) in [6.07, 6.45) is 0. The van der Waals surface area contributed by atoms with Crippen LogP contribution in [-0.2, 0) is 11.3 Å². The van der Waals surface area contributed by atoms with Crippen LogP contribution < -0.4 is 11.1 Å². The van der Waals surface area contributed by atoms with E-state index in [1.807, 2.05) is 12.1 Å². The van der Waals surface area contributed by atoms with Gasteiger partial charge in [0.2, 0.25) is 0 Å². The van der Waals surface area contributed by atoms with E-state index >= 15 is 0 Å². The van der Waals surface area contributed by atoms with Gasteiger partial charge in [0.1, 0.15) is 6.61 Å². The number of rotatable bonds is 2. The molecule has 64 valence electrons. The summed E-state index contributed by atoms with van der Waals surface area (Å²) >= 11 is 5.74. The predicted octanol–water partition coefficient (Wildman–Crippen LogP) is -0.0696. The molecule has 0 heterocycles. The summed E-state index contributed by atoms with van der Waals surface area (Å²) < 4.78 is 4.90. The number of ether oxygens (including phenoxy) is 1. The molecule has 0 fully saturated rings. The molecule has 0 unspecified atom stereocenters. The molecule has 0 atom stereocenters. The molecule has 0 aliphatic carbocycles. The number of hydrogen-bond acceptors (Lipinski definition) is 1. The van der Waals surface area contributed by atoms with E-state index in [0.29, 0.717) is 11.6 Å². The Kier molecular flexibility index (Phi) is 2.94. The van der Waals surface area contributed by atoms with E-state index in [1.54, 1.807) is 12.1 Å². The van der Waals surface area contributed by atoms with Crippen LogP contribution in [0.15, 0.2) is 24.3 Å². The molecule has 0 bridgehead atoms. The average Bonchev–Trinajstić information content (AvgIpc) is 2.01. The fourth-order valence-electron chi connectivity index (χ4n) is 0.793. The Morgan fingerprint density at radius 1 is 1.58 bits per heavy atom. The van der Waals surface area contributed by atoms with Crippen molar-refractivity contribution in [3.05, 3.63) is 34.9 Å². The first-order chi connectivity index (χ1) is 5.68. The van der Waals surface area contributed by atoms with Crippen molar-refractivity contribution in [1.82, 2.24) is 0 Å². The zero-order valence-corrected chi connectivity index (χ0v) is 7.21. The summed E-state index contributed by atoms with van der Waals surface area (Å²) in [4.78, 5) is 0. The molecule has 1 aromatic rings. The maximum absolute atomic E-state index is 5.74. The van der Waals surface area contributed by atoms with Crippen molar-refractivity contribution < 1.29 is 10.1 Å². The number of hydrogen-bond donors (Lipinski definition) is 2. The Morgan fingerprint density at radius 2 is 2.33 bits per heavy atom. The van der Waals surface area contributed by atoms with Gasteiger partial charge in [-0.3, -0.25) is 11.1 Å². The third kappa shape index (κ3) is 2.80. The molecule has 3 nitrogen and oxygen atoms in total. The first kappa shape index (κ1) is 8.87. The second-order valence-corrected chi connectivity index (χ2v) is 2.76. The Hall–Kier alpha value is -1.22. The quantitative estimate of drug-likeness (QED) is 0.501. The normalized spacial score (nSPS) is 9.42. The number of benzene rings is 1. The van der Waals surface area contributed by atoms with Crippen LogP contribution in [0.2, 0.25) is 5.02 Å². The van der Waals surface area contributed by atoms with Crippen molar-refractivity contribution in [3.63, 3.8) is 0 Å². The highest BCUT2D eigenvalue weighted by molar-refractivity contribution is 6.30. The molecule has 12 heavy (non-hydrogen) atoms. The molecule has 0 spiro atoms. The lowest BCUT2D eigenvalue weighted by atomic mass is 10.2. The molecule has 1 aromatic carbocycles. The standard InChI is InChI=1S/C8H9ClN2O/c9-7-3-1-2-6(4-7)5-12-8(10)11/h1-4H,5H2,(H3,10,11)/p+1. The van der Waals surface area contributed by atoms with Crippen LogP contribution in [0.3, 0.4) is 0 Å². The number of halogens is 1. The van der Waals surface area contributed by atoms with Crippen molar-refractivity contribution in [2.45, 2.75) is 6.61 Å². The summed E-state index contributed by atoms with van der Waals surface area (Å²) in [5.41, 5.74) is 6.06. The Bertz CT molecular complexity index is 288. The average molecular weight is 186 g/mol. The first-order valence-electron chi connectivity index (χ1n) is 3.43. The lowest BCUT2D eigenvalue weighted by Crippen LogP contribution is -2.47. The zero-order valence-electron chi connectivity index (χ0n) is 6.46. The SMILES string of the molecule is NC(=[NH2+])OCc1cccc(Cl)c1. The van der Waals surface area contributed by atoms with Gasteiger partial charge in [0.25, 0.3) is 0 Å². The van der Waals surface area contributed by atoms with Crippen LogP contribution in [-0.4, -0.2) is 6.02 Å². The van der Waals surface area contributed by atoms with Gasteiger partial charge in [0.05, 0.1) is 0 Å². The molecule has 0 saturated carbocycles. The molecule has 1 rings (SSSR count). The molecule has 4 heteroatoms. The van der Waals surface area contributed by atoms with Crippen LogP contribution in [0.5, 0.6) is 0 Å². The van der Waals surface area contributed by atoms with E-state index in [0.717, 1.165) is 5.56 Å².